The van der Waals surface area contributed by atoms with Crippen LogP contribution < -0.4 is 0 Å². The fraction of sp³-hybridized carbons (Fsp3) is 0.500. The molecule has 0 aromatic carbocycles. The molecule has 0 bridgehead atoms. The van der Waals surface area contributed by atoms with E-state index in [1.54, 1.807) is 5.01 Å². The van der Waals surface area contributed by atoms with Crippen molar-refractivity contribution in [1.82, 2.24) is 5.01 Å². The second-order valence-corrected chi connectivity index (χ2v) is 5.35. The summed E-state index contributed by atoms with van der Waals surface area (Å²) in [6.45, 7) is 3.07. The lowest BCUT2D eigenvalue weighted by atomic mass is 10.4. The molecule has 0 spiro atoms. The van der Waals surface area contributed by atoms with E-state index in [9.17, 15) is 4.21 Å². The molecule has 0 amide bonds. The monoisotopic (exact) mass is 280 g/mol. The molecule has 1 fully saturated rings. The van der Waals surface area contributed by atoms with Gasteiger partial charge in [-0.3, -0.25) is 5.01 Å². The molecule has 0 saturated carbocycles. The molecule has 6 heteroatoms. The van der Waals surface area contributed by atoms with Crippen LogP contribution in [-0.4, -0.2) is 28.5 Å². The lowest BCUT2D eigenvalue weighted by molar-refractivity contribution is 0.346. The number of unbranched alkanes of at least 4 members (excludes halogenated alkanes) is 1. The summed E-state index contributed by atoms with van der Waals surface area (Å²) in [5.41, 5.74) is 2.69. The molecule has 1 heterocycles. The molecular formula is C10H14Cl2N2OS. The first-order valence-corrected chi connectivity index (χ1v) is 7.02. The first-order valence-electron chi connectivity index (χ1n) is 5.00. The predicted octanol–water partition coefficient (Wildman–Crippen LogP) is 3.00. The molecule has 0 aromatic heterocycles. The second-order valence-electron chi connectivity index (χ2n) is 3.33. The fourth-order valence-electron chi connectivity index (χ4n) is 1.24. The van der Waals surface area contributed by atoms with Crippen molar-refractivity contribution < 1.29 is 4.21 Å². The van der Waals surface area contributed by atoms with Crippen molar-refractivity contribution in [3.63, 3.8) is 0 Å². The largest absolute Gasteiger partial charge is 0.287 e. The molecule has 16 heavy (non-hydrogen) atoms. The van der Waals surface area contributed by atoms with Crippen molar-refractivity contribution >= 4 is 40.2 Å². The van der Waals surface area contributed by atoms with Gasteiger partial charge in [-0.25, -0.2) is 4.21 Å². The summed E-state index contributed by atoms with van der Waals surface area (Å²) in [6, 6.07) is 0. The number of halogens is 2. The minimum atomic E-state index is -1.20. The lowest BCUT2D eigenvalue weighted by Gasteiger charge is -2.26. The molecule has 0 unspecified atom stereocenters. The summed E-state index contributed by atoms with van der Waals surface area (Å²) in [4.78, 5) is 1.27. The maximum atomic E-state index is 11.8. The third kappa shape index (κ3) is 3.61. The topological polar surface area (TPSA) is 32.7 Å². The third-order valence-corrected chi connectivity index (χ3v) is 4.29. The minimum absolute atomic E-state index is 0.491. The van der Waals surface area contributed by atoms with Crippen LogP contribution in [0.1, 0.15) is 19.8 Å². The average molecular weight is 281 g/mol. The summed E-state index contributed by atoms with van der Waals surface area (Å²) in [5, 5.41) is 6.08. The van der Waals surface area contributed by atoms with Crippen LogP contribution in [0.2, 0.25) is 0 Å². The summed E-state index contributed by atoms with van der Waals surface area (Å²) in [6.07, 6.45) is 3.84. The molecule has 1 aliphatic heterocycles. The molecule has 0 atom stereocenters. The Kier molecular flexibility index (Phi) is 6.09. The summed E-state index contributed by atoms with van der Waals surface area (Å²) in [7, 11) is -1.20. The SMILES string of the molecule is CCC/C=N/N1C/C(=C\Cl)S(=O)/C(=C/Cl)C1. The van der Waals surface area contributed by atoms with E-state index in [0.717, 1.165) is 12.8 Å². The van der Waals surface area contributed by atoms with Crippen molar-refractivity contribution in [2.24, 2.45) is 5.10 Å². The number of hydrazone groups is 1. The number of hydrogen-bond donors (Lipinski definition) is 0. The van der Waals surface area contributed by atoms with Gasteiger partial charge in [0.2, 0.25) is 0 Å². The number of nitrogens with zero attached hydrogens (tertiary/aromatic N) is 2. The maximum absolute atomic E-state index is 11.8. The van der Waals surface area contributed by atoms with Crippen molar-refractivity contribution in [1.29, 1.82) is 0 Å². The molecule has 0 aliphatic carbocycles. The highest BCUT2D eigenvalue weighted by Gasteiger charge is 2.23. The van der Waals surface area contributed by atoms with Gasteiger partial charge in [0.25, 0.3) is 0 Å². The van der Waals surface area contributed by atoms with Crippen LogP contribution in [0.3, 0.4) is 0 Å². The van der Waals surface area contributed by atoms with E-state index < -0.39 is 10.8 Å². The Morgan fingerprint density at radius 3 is 2.38 bits per heavy atom. The Hall–Kier alpha value is -0.320. The van der Waals surface area contributed by atoms with Gasteiger partial charge in [-0.2, -0.15) is 5.10 Å². The van der Waals surface area contributed by atoms with Crippen LogP contribution >= 0.6 is 23.2 Å². The zero-order chi connectivity index (χ0) is 12.0. The minimum Gasteiger partial charge on any atom is -0.287 e. The first kappa shape index (κ1) is 13.7. The van der Waals surface area contributed by atoms with Crippen molar-refractivity contribution in [2.75, 3.05) is 13.1 Å². The van der Waals surface area contributed by atoms with Crippen LogP contribution in [0.5, 0.6) is 0 Å². The highest BCUT2D eigenvalue weighted by molar-refractivity contribution is 7.93. The Bertz CT molecular complexity index is 329. The zero-order valence-corrected chi connectivity index (χ0v) is 11.4. The van der Waals surface area contributed by atoms with Crippen LogP contribution in [0, 0.1) is 0 Å². The Morgan fingerprint density at radius 2 is 1.94 bits per heavy atom. The maximum Gasteiger partial charge on any atom is 0.0822 e. The Morgan fingerprint density at radius 1 is 1.38 bits per heavy atom. The van der Waals surface area contributed by atoms with Crippen molar-refractivity contribution in [2.45, 2.75) is 19.8 Å². The van der Waals surface area contributed by atoms with Gasteiger partial charge in [0.1, 0.15) is 0 Å². The molecule has 3 nitrogen and oxygen atoms in total. The molecular weight excluding hydrogens is 267 g/mol. The third-order valence-electron chi connectivity index (χ3n) is 2.06. The molecule has 1 rings (SSSR count). The van der Waals surface area contributed by atoms with Crippen molar-refractivity contribution in [3.05, 3.63) is 20.9 Å². The highest BCUT2D eigenvalue weighted by Crippen LogP contribution is 2.22. The van der Waals surface area contributed by atoms with Gasteiger partial charge in [-0.05, 0) is 6.42 Å². The van der Waals surface area contributed by atoms with E-state index in [1.165, 1.54) is 11.1 Å². The normalized spacial score (nSPS) is 27.2. The standard InChI is InChI=1S/C10H14Cl2N2OS/c1-2-3-4-13-14-7-9(5-11)16(15)10(6-12)8-14/h4-6H,2-3,7-8H2,1H3/b9-5+,10-6+,13-4+. The van der Waals surface area contributed by atoms with E-state index in [2.05, 4.69) is 12.0 Å². The van der Waals surface area contributed by atoms with Gasteiger partial charge in [0.15, 0.2) is 0 Å². The van der Waals surface area contributed by atoms with Crippen LogP contribution in [-0.2, 0) is 10.8 Å². The van der Waals surface area contributed by atoms with E-state index in [0.29, 0.717) is 22.9 Å². The van der Waals surface area contributed by atoms with Gasteiger partial charge in [0, 0.05) is 17.3 Å². The fourth-order valence-corrected chi connectivity index (χ4v) is 2.89. The van der Waals surface area contributed by atoms with Gasteiger partial charge in [-0.1, -0.05) is 36.5 Å². The summed E-state index contributed by atoms with van der Waals surface area (Å²) >= 11 is 11.2. The summed E-state index contributed by atoms with van der Waals surface area (Å²) in [5.74, 6) is 0. The quantitative estimate of drug-likeness (QED) is 0.745. The van der Waals surface area contributed by atoms with Gasteiger partial charge >= 0.3 is 0 Å². The lowest BCUT2D eigenvalue weighted by Crippen LogP contribution is -2.31. The first-order chi connectivity index (χ1) is 7.72. The zero-order valence-electron chi connectivity index (χ0n) is 9.03. The van der Waals surface area contributed by atoms with Gasteiger partial charge in [-0.15, -0.1) is 0 Å². The number of rotatable bonds is 3. The van der Waals surface area contributed by atoms with E-state index in [-0.39, 0.29) is 0 Å². The van der Waals surface area contributed by atoms with E-state index in [1.807, 2.05) is 6.21 Å². The van der Waals surface area contributed by atoms with Crippen LogP contribution in [0.25, 0.3) is 0 Å². The number of hydrogen-bond acceptors (Lipinski definition) is 3. The smallest absolute Gasteiger partial charge is 0.0822 e. The average Bonchev–Trinajstić information content (AvgIpc) is 2.31. The van der Waals surface area contributed by atoms with Crippen molar-refractivity contribution in [3.8, 4) is 0 Å². The molecule has 0 N–H and O–H groups in total. The van der Waals surface area contributed by atoms with Crippen LogP contribution in [0.15, 0.2) is 26.0 Å². The summed E-state index contributed by atoms with van der Waals surface area (Å²) < 4.78 is 11.8. The van der Waals surface area contributed by atoms with E-state index >= 15 is 0 Å². The Balaban J connectivity index is 2.74. The molecule has 1 saturated heterocycles. The van der Waals surface area contributed by atoms with Crippen LogP contribution in [0.4, 0.5) is 0 Å². The molecule has 0 aromatic rings. The Labute approximate surface area is 108 Å². The predicted molar refractivity (Wildman–Crippen MR) is 71.0 cm³/mol. The second kappa shape index (κ2) is 7.09. The molecule has 0 radical (unpaired) electrons. The van der Waals surface area contributed by atoms with Gasteiger partial charge in [0.05, 0.1) is 33.7 Å². The van der Waals surface area contributed by atoms with E-state index in [4.69, 9.17) is 23.2 Å². The van der Waals surface area contributed by atoms with Gasteiger partial charge < -0.3 is 0 Å². The molecule has 1 aliphatic rings. The molecule has 90 valence electrons. The highest BCUT2D eigenvalue weighted by atomic mass is 35.5.